The van der Waals surface area contributed by atoms with E-state index in [0.717, 1.165) is 30.4 Å². The number of aryl methyl sites for hydroxylation is 1. The third kappa shape index (κ3) is 7.30. The smallest absolute Gasteiger partial charge is 0.325 e. The van der Waals surface area contributed by atoms with Gasteiger partial charge in [-0.2, -0.15) is 4.31 Å². The second-order valence-electron chi connectivity index (χ2n) is 9.28. The standard InChI is InChI=1S/C29H31N3O6S/c1-21-10-15-25(39(36,37)32-16-6-3-7-17-32)18-26(21)31-27(33)20-38-28(34)19-30-29(35)24-13-11-23(12-14-24)22-8-4-2-5-9-22/h2,4-5,8-15,18H,3,6-7,16-17,19-20H2,1H3,(H,30,35)(H,31,33). The molecule has 3 aromatic carbocycles. The number of amides is 2. The van der Waals surface area contributed by atoms with Gasteiger partial charge in [-0.15, -0.1) is 0 Å². The van der Waals surface area contributed by atoms with Crippen LogP contribution in [-0.2, 0) is 24.3 Å². The van der Waals surface area contributed by atoms with Gasteiger partial charge in [-0.05, 0) is 60.7 Å². The highest BCUT2D eigenvalue weighted by molar-refractivity contribution is 7.89. The number of esters is 1. The van der Waals surface area contributed by atoms with E-state index < -0.39 is 41.0 Å². The molecule has 4 rings (SSSR count). The monoisotopic (exact) mass is 549 g/mol. The first-order valence-electron chi connectivity index (χ1n) is 12.7. The van der Waals surface area contributed by atoms with Crippen LogP contribution in [0.3, 0.4) is 0 Å². The highest BCUT2D eigenvalue weighted by Crippen LogP contribution is 2.25. The fourth-order valence-electron chi connectivity index (χ4n) is 4.23. The van der Waals surface area contributed by atoms with Gasteiger partial charge in [-0.3, -0.25) is 14.4 Å². The van der Waals surface area contributed by atoms with Crippen molar-refractivity contribution in [3.63, 3.8) is 0 Å². The lowest BCUT2D eigenvalue weighted by Crippen LogP contribution is -2.35. The molecule has 0 radical (unpaired) electrons. The Kier molecular flexibility index (Phi) is 9.11. The molecule has 204 valence electrons. The zero-order chi connectivity index (χ0) is 27.8. The molecule has 1 fully saturated rings. The van der Waals surface area contributed by atoms with Crippen molar-refractivity contribution in [1.29, 1.82) is 0 Å². The molecule has 1 aliphatic heterocycles. The van der Waals surface area contributed by atoms with Crippen molar-refractivity contribution in [3.8, 4) is 11.1 Å². The van der Waals surface area contributed by atoms with E-state index >= 15 is 0 Å². The second-order valence-corrected chi connectivity index (χ2v) is 11.2. The van der Waals surface area contributed by atoms with E-state index in [1.54, 1.807) is 25.1 Å². The number of hydrogen-bond acceptors (Lipinski definition) is 6. The van der Waals surface area contributed by atoms with Crippen LogP contribution in [0.5, 0.6) is 0 Å². The molecule has 2 amide bonds. The first kappa shape index (κ1) is 28.0. The molecule has 1 aliphatic rings. The van der Waals surface area contributed by atoms with Crippen molar-refractivity contribution >= 4 is 33.5 Å². The van der Waals surface area contributed by atoms with E-state index in [1.165, 1.54) is 16.4 Å². The van der Waals surface area contributed by atoms with Crippen LogP contribution < -0.4 is 10.6 Å². The van der Waals surface area contributed by atoms with Gasteiger partial charge >= 0.3 is 5.97 Å². The van der Waals surface area contributed by atoms with E-state index in [1.807, 2.05) is 42.5 Å². The summed E-state index contributed by atoms with van der Waals surface area (Å²) in [5.41, 5.74) is 3.36. The highest BCUT2D eigenvalue weighted by atomic mass is 32.2. The Labute approximate surface area is 228 Å². The maximum atomic E-state index is 13.0. The third-order valence-electron chi connectivity index (χ3n) is 6.45. The van der Waals surface area contributed by atoms with Gasteiger partial charge in [0.25, 0.3) is 11.8 Å². The summed E-state index contributed by atoms with van der Waals surface area (Å²) in [6.45, 7) is 1.70. The molecule has 1 saturated heterocycles. The Bertz CT molecular complexity index is 1430. The van der Waals surface area contributed by atoms with Crippen molar-refractivity contribution in [2.45, 2.75) is 31.1 Å². The Balaban J connectivity index is 1.26. The molecule has 0 bridgehead atoms. The number of hydrogen-bond donors (Lipinski definition) is 2. The van der Waals surface area contributed by atoms with Crippen LogP contribution in [0, 0.1) is 6.92 Å². The summed E-state index contributed by atoms with van der Waals surface area (Å²) >= 11 is 0. The first-order valence-corrected chi connectivity index (χ1v) is 14.2. The molecule has 0 aromatic heterocycles. The number of sulfonamides is 1. The Morgan fingerprint density at radius 2 is 1.54 bits per heavy atom. The topological polar surface area (TPSA) is 122 Å². The minimum Gasteiger partial charge on any atom is -0.454 e. The van der Waals surface area contributed by atoms with Gasteiger partial charge < -0.3 is 15.4 Å². The Hall–Kier alpha value is -4.02. The average molecular weight is 550 g/mol. The molecule has 0 unspecified atom stereocenters. The molecule has 0 spiro atoms. The highest BCUT2D eigenvalue weighted by Gasteiger charge is 2.26. The molecule has 0 saturated carbocycles. The fraction of sp³-hybridized carbons (Fsp3) is 0.276. The number of carbonyl (C=O) groups is 3. The van der Waals surface area contributed by atoms with Crippen LogP contribution in [-0.4, -0.2) is 56.7 Å². The normalized spacial score (nSPS) is 13.9. The van der Waals surface area contributed by atoms with Gasteiger partial charge in [0, 0.05) is 24.3 Å². The van der Waals surface area contributed by atoms with Crippen molar-refractivity contribution in [3.05, 3.63) is 83.9 Å². The molecule has 0 aliphatic carbocycles. The lowest BCUT2D eigenvalue weighted by Gasteiger charge is -2.26. The van der Waals surface area contributed by atoms with E-state index in [-0.39, 0.29) is 4.90 Å². The molecule has 39 heavy (non-hydrogen) atoms. The van der Waals surface area contributed by atoms with Gasteiger partial charge in [-0.1, -0.05) is 55.0 Å². The summed E-state index contributed by atoms with van der Waals surface area (Å²) < 4.78 is 32.4. The number of benzene rings is 3. The van der Waals surface area contributed by atoms with E-state index in [4.69, 9.17) is 4.74 Å². The predicted molar refractivity (Wildman–Crippen MR) is 148 cm³/mol. The van der Waals surface area contributed by atoms with E-state index in [9.17, 15) is 22.8 Å². The van der Waals surface area contributed by atoms with Crippen molar-refractivity contribution in [2.24, 2.45) is 0 Å². The van der Waals surface area contributed by atoms with Gasteiger partial charge in [0.1, 0.15) is 6.54 Å². The summed E-state index contributed by atoms with van der Waals surface area (Å²) in [6, 6.07) is 21.3. The largest absolute Gasteiger partial charge is 0.454 e. The number of nitrogens with one attached hydrogen (secondary N) is 2. The summed E-state index contributed by atoms with van der Waals surface area (Å²) in [5.74, 6) is -1.85. The van der Waals surface area contributed by atoms with Crippen LogP contribution in [0.4, 0.5) is 5.69 Å². The quantitative estimate of drug-likeness (QED) is 0.392. The predicted octanol–water partition coefficient (Wildman–Crippen LogP) is 3.75. The van der Waals surface area contributed by atoms with Gasteiger partial charge in [0.05, 0.1) is 4.90 Å². The average Bonchev–Trinajstić information content (AvgIpc) is 2.97. The van der Waals surface area contributed by atoms with Crippen molar-refractivity contribution in [1.82, 2.24) is 9.62 Å². The number of carbonyl (C=O) groups excluding carboxylic acids is 3. The van der Waals surface area contributed by atoms with Crippen molar-refractivity contribution < 1.29 is 27.5 Å². The van der Waals surface area contributed by atoms with E-state index in [2.05, 4.69) is 10.6 Å². The summed E-state index contributed by atoms with van der Waals surface area (Å²) in [6.07, 6.45) is 2.65. The summed E-state index contributed by atoms with van der Waals surface area (Å²) in [7, 11) is -3.66. The molecule has 2 N–H and O–H groups in total. The minimum absolute atomic E-state index is 0.0989. The lowest BCUT2D eigenvalue weighted by atomic mass is 10.0. The SMILES string of the molecule is Cc1ccc(S(=O)(=O)N2CCCCC2)cc1NC(=O)COC(=O)CNC(=O)c1ccc(-c2ccccc2)cc1. The Morgan fingerprint density at radius 3 is 2.23 bits per heavy atom. The minimum atomic E-state index is -3.66. The van der Waals surface area contributed by atoms with Crippen molar-refractivity contribution in [2.75, 3.05) is 31.6 Å². The van der Waals surface area contributed by atoms with Crippen LogP contribution in [0.2, 0.25) is 0 Å². The molecule has 9 nitrogen and oxygen atoms in total. The van der Waals surface area contributed by atoms with Crippen LogP contribution in [0.15, 0.2) is 77.7 Å². The second kappa shape index (κ2) is 12.7. The molecule has 3 aromatic rings. The fourth-order valence-corrected chi connectivity index (χ4v) is 5.78. The number of piperidine rings is 1. The zero-order valence-corrected chi connectivity index (χ0v) is 22.5. The summed E-state index contributed by atoms with van der Waals surface area (Å²) in [5, 5.41) is 5.08. The van der Waals surface area contributed by atoms with Gasteiger partial charge in [-0.25, -0.2) is 8.42 Å². The number of ether oxygens (including phenoxy) is 1. The third-order valence-corrected chi connectivity index (χ3v) is 8.34. The maximum Gasteiger partial charge on any atom is 0.325 e. The number of anilines is 1. The van der Waals surface area contributed by atoms with Gasteiger partial charge in [0.15, 0.2) is 6.61 Å². The van der Waals surface area contributed by atoms with Crippen LogP contribution in [0.25, 0.3) is 11.1 Å². The molecule has 1 heterocycles. The van der Waals surface area contributed by atoms with Crippen LogP contribution in [0.1, 0.15) is 35.2 Å². The maximum absolute atomic E-state index is 13.0. The Morgan fingerprint density at radius 1 is 0.872 bits per heavy atom. The summed E-state index contributed by atoms with van der Waals surface area (Å²) in [4.78, 5) is 37.0. The van der Waals surface area contributed by atoms with Gasteiger partial charge in [0.2, 0.25) is 10.0 Å². The number of rotatable bonds is 9. The molecule has 0 atom stereocenters. The van der Waals surface area contributed by atoms with E-state index in [0.29, 0.717) is 29.9 Å². The molecular weight excluding hydrogens is 518 g/mol. The lowest BCUT2D eigenvalue weighted by molar-refractivity contribution is -0.146. The van der Waals surface area contributed by atoms with Crippen LogP contribution >= 0.6 is 0 Å². The molecular formula is C29H31N3O6S. The zero-order valence-electron chi connectivity index (χ0n) is 21.7. The number of nitrogens with zero attached hydrogens (tertiary/aromatic N) is 1. The first-order chi connectivity index (χ1) is 18.7. The molecule has 10 heteroatoms.